The lowest BCUT2D eigenvalue weighted by Crippen LogP contribution is -2.44. The lowest BCUT2D eigenvalue weighted by atomic mass is 10.2. The summed E-state index contributed by atoms with van der Waals surface area (Å²) in [6.07, 6.45) is 3.08. The number of thioether (sulfide) groups is 1. The number of rotatable bonds is 2. The molecule has 1 aliphatic heterocycles. The maximum absolute atomic E-state index is 6.37. The highest BCUT2D eigenvalue weighted by Crippen LogP contribution is 2.38. The molecule has 1 nitrogen and oxygen atoms in total. The summed E-state index contributed by atoms with van der Waals surface area (Å²) in [5.41, 5.74) is 0. The Kier molecular flexibility index (Phi) is 4.12. The van der Waals surface area contributed by atoms with Crippen LogP contribution in [0.4, 0.5) is 0 Å². The smallest absolute Gasteiger partial charge is 0.192 e. The van der Waals surface area contributed by atoms with Gasteiger partial charge in [0.2, 0.25) is 0 Å². The molecule has 1 saturated heterocycles. The van der Waals surface area contributed by atoms with Crippen LogP contribution in [0, 0.1) is 0 Å². The summed E-state index contributed by atoms with van der Waals surface area (Å²) in [5, 5.41) is 0.359. The van der Waals surface area contributed by atoms with Gasteiger partial charge in [-0.3, -0.25) is 0 Å². The highest BCUT2D eigenvalue weighted by molar-refractivity contribution is 7.99. The lowest BCUT2D eigenvalue weighted by Gasteiger charge is -2.40. The molecule has 14 heavy (non-hydrogen) atoms. The van der Waals surface area contributed by atoms with Gasteiger partial charge in [-0.25, -0.2) is 0 Å². The minimum absolute atomic E-state index is 0.359. The highest BCUT2D eigenvalue weighted by Gasteiger charge is 2.39. The molecule has 1 heterocycles. The molecule has 0 aliphatic carbocycles. The van der Waals surface area contributed by atoms with Crippen LogP contribution in [-0.4, -0.2) is 25.9 Å². The standard InChI is InChI=1S/C11H24OSSi/c1-11(2,3)14(4,5)12-10-6-8-13-9-7-10/h10H,6-9H2,1-5H3. The SMILES string of the molecule is CC(C)(C)[Si](C)(C)OC1CCSCC1. The molecule has 0 atom stereocenters. The topological polar surface area (TPSA) is 9.23 Å². The summed E-state index contributed by atoms with van der Waals surface area (Å²) < 4.78 is 6.37. The Morgan fingerprint density at radius 3 is 2.07 bits per heavy atom. The maximum Gasteiger partial charge on any atom is 0.192 e. The van der Waals surface area contributed by atoms with Crippen molar-refractivity contribution in [2.45, 2.75) is 57.8 Å². The van der Waals surface area contributed by atoms with Crippen molar-refractivity contribution in [3.63, 3.8) is 0 Å². The van der Waals surface area contributed by atoms with Crippen molar-refractivity contribution in [1.29, 1.82) is 0 Å². The van der Waals surface area contributed by atoms with E-state index < -0.39 is 8.32 Å². The predicted molar refractivity (Wildman–Crippen MR) is 68.6 cm³/mol. The van der Waals surface area contributed by atoms with Crippen molar-refractivity contribution < 1.29 is 4.43 Å². The van der Waals surface area contributed by atoms with Crippen LogP contribution in [0.1, 0.15) is 33.6 Å². The Morgan fingerprint density at radius 1 is 1.14 bits per heavy atom. The van der Waals surface area contributed by atoms with Gasteiger partial charge >= 0.3 is 0 Å². The monoisotopic (exact) mass is 232 g/mol. The Hall–Kier alpha value is 0.527. The second kappa shape index (κ2) is 4.58. The third-order valence-corrected chi connectivity index (χ3v) is 9.02. The normalized spacial score (nSPS) is 21.2. The second-order valence-electron chi connectivity index (χ2n) is 5.69. The van der Waals surface area contributed by atoms with Gasteiger partial charge in [0.1, 0.15) is 0 Å². The highest BCUT2D eigenvalue weighted by atomic mass is 32.2. The minimum atomic E-state index is -1.50. The molecular formula is C11H24OSSi. The van der Waals surface area contributed by atoms with E-state index in [-0.39, 0.29) is 0 Å². The van der Waals surface area contributed by atoms with Gasteiger partial charge in [-0.1, -0.05) is 20.8 Å². The van der Waals surface area contributed by atoms with Crippen molar-refractivity contribution in [3.8, 4) is 0 Å². The van der Waals surface area contributed by atoms with Gasteiger partial charge in [-0.05, 0) is 42.5 Å². The van der Waals surface area contributed by atoms with E-state index in [0.717, 1.165) is 0 Å². The van der Waals surface area contributed by atoms with Crippen molar-refractivity contribution in [1.82, 2.24) is 0 Å². The molecule has 1 aliphatic rings. The summed E-state index contributed by atoms with van der Waals surface area (Å²) in [6, 6.07) is 0. The van der Waals surface area contributed by atoms with Crippen LogP contribution < -0.4 is 0 Å². The van der Waals surface area contributed by atoms with E-state index in [1.165, 1.54) is 24.3 Å². The van der Waals surface area contributed by atoms with Crippen molar-refractivity contribution >= 4 is 20.1 Å². The lowest BCUT2D eigenvalue weighted by molar-refractivity contribution is 0.172. The van der Waals surface area contributed by atoms with E-state index in [2.05, 4.69) is 45.6 Å². The molecule has 0 radical (unpaired) electrons. The molecule has 0 aromatic carbocycles. The Balaban J connectivity index is 2.49. The summed E-state index contributed by atoms with van der Waals surface area (Å²) in [7, 11) is -1.50. The summed E-state index contributed by atoms with van der Waals surface area (Å²) in [4.78, 5) is 0. The molecule has 0 saturated carbocycles. The molecule has 1 fully saturated rings. The molecule has 3 heteroatoms. The molecule has 0 unspecified atom stereocenters. The fourth-order valence-corrected chi connectivity index (χ4v) is 3.87. The second-order valence-corrected chi connectivity index (χ2v) is 11.7. The Bertz CT molecular complexity index is 180. The van der Waals surface area contributed by atoms with Crippen molar-refractivity contribution in [2.24, 2.45) is 0 Å². The van der Waals surface area contributed by atoms with Crippen LogP contribution in [0.15, 0.2) is 0 Å². The van der Waals surface area contributed by atoms with Gasteiger partial charge in [0.25, 0.3) is 0 Å². The van der Waals surface area contributed by atoms with Crippen molar-refractivity contribution in [2.75, 3.05) is 11.5 Å². The van der Waals surface area contributed by atoms with Crippen LogP contribution >= 0.6 is 11.8 Å². The van der Waals surface area contributed by atoms with E-state index >= 15 is 0 Å². The summed E-state index contributed by atoms with van der Waals surface area (Å²) in [6.45, 7) is 11.7. The summed E-state index contributed by atoms with van der Waals surface area (Å²) >= 11 is 2.07. The maximum atomic E-state index is 6.37. The van der Waals surface area contributed by atoms with Crippen LogP contribution in [0.5, 0.6) is 0 Å². The first-order valence-corrected chi connectivity index (χ1v) is 9.65. The first-order valence-electron chi connectivity index (χ1n) is 5.58. The molecule has 1 rings (SSSR count). The van der Waals surface area contributed by atoms with E-state index in [4.69, 9.17) is 4.43 Å². The quantitative estimate of drug-likeness (QED) is 0.668. The third-order valence-electron chi connectivity index (χ3n) is 3.44. The van der Waals surface area contributed by atoms with E-state index in [9.17, 15) is 0 Å². The van der Waals surface area contributed by atoms with E-state index in [1.807, 2.05) is 0 Å². The number of hydrogen-bond donors (Lipinski definition) is 0. The van der Waals surface area contributed by atoms with Crippen LogP contribution in [0.25, 0.3) is 0 Å². The number of hydrogen-bond acceptors (Lipinski definition) is 2. The Morgan fingerprint density at radius 2 is 1.64 bits per heavy atom. The zero-order valence-corrected chi connectivity index (χ0v) is 12.0. The molecule has 0 aromatic heterocycles. The first-order chi connectivity index (χ1) is 6.33. The molecule has 0 aromatic rings. The minimum Gasteiger partial charge on any atom is -0.414 e. The van der Waals surface area contributed by atoms with Gasteiger partial charge in [0.05, 0.1) is 0 Å². The molecule has 0 amide bonds. The fraction of sp³-hybridized carbons (Fsp3) is 1.00. The third kappa shape index (κ3) is 3.28. The average Bonchev–Trinajstić information content (AvgIpc) is 2.03. The summed E-state index contributed by atoms with van der Waals surface area (Å²) in [5.74, 6) is 2.58. The molecule has 0 bridgehead atoms. The van der Waals surface area contributed by atoms with E-state index in [0.29, 0.717) is 11.1 Å². The fourth-order valence-electron chi connectivity index (χ4n) is 1.39. The first kappa shape index (κ1) is 12.6. The van der Waals surface area contributed by atoms with E-state index in [1.54, 1.807) is 0 Å². The van der Waals surface area contributed by atoms with Gasteiger partial charge in [-0.2, -0.15) is 11.8 Å². The van der Waals surface area contributed by atoms with Gasteiger partial charge in [-0.15, -0.1) is 0 Å². The molecule has 0 spiro atoms. The Labute approximate surface area is 94.1 Å². The van der Waals surface area contributed by atoms with Crippen LogP contribution in [0.3, 0.4) is 0 Å². The average molecular weight is 232 g/mol. The zero-order valence-electron chi connectivity index (χ0n) is 10.2. The largest absolute Gasteiger partial charge is 0.414 e. The van der Waals surface area contributed by atoms with Gasteiger partial charge in [0, 0.05) is 6.10 Å². The van der Waals surface area contributed by atoms with Crippen LogP contribution in [0.2, 0.25) is 18.1 Å². The molecule has 0 N–H and O–H groups in total. The van der Waals surface area contributed by atoms with Crippen molar-refractivity contribution in [3.05, 3.63) is 0 Å². The predicted octanol–water partition coefficient (Wildman–Crippen LogP) is 3.90. The molecular weight excluding hydrogens is 208 g/mol. The van der Waals surface area contributed by atoms with Crippen LogP contribution in [-0.2, 0) is 4.43 Å². The zero-order chi connectivity index (χ0) is 10.8. The van der Waals surface area contributed by atoms with Gasteiger partial charge in [0.15, 0.2) is 8.32 Å². The van der Waals surface area contributed by atoms with Gasteiger partial charge < -0.3 is 4.43 Å². The molecule has 84 valence electrons.